The number of para-hydroxylation sites is 2. The lowest BCUT2D eigenvalue weighted by atomic mass is 10.1. The number of hydrogen-bond acceptors (Lipinski definition) is 3. The third-order valence-corrected chi connectivity index (χ3v) is 4.67. The SMILES string of the molecule is CCC[C@@H](O)c1nc2ccccc2n1CCCOc1cc(C)ccc1C. The minimum atomic E-state index is -0.521. The summed E-state index contributed by atoms with van der Waals surface area (Å²) >= 11 is 0. The second-order valence-corrected chi connectivity index (χ2v) is 6.89. The molecular formula is C22H28N2O2. The van der Waals surface area contributed by atoms with Crippen molar-refractivity contribution in [3.8, 4) is 5.75 Å². The highest BCUT2D eigenvalue weighted by molar-refractivity contribution is 5.76. The van der Waals surface area contributed by atoms with Gasteiger partial charge in [0.05, 0.1) is 17.6 Å². The van der Waals surface area contributed by atoms with Crippen molar-refractivity contribution in [1.82, 2.24) is 9.55 Å². The van der Waals surface area contributed by atoms with Gasteiger partial charge in [0, 0.05) is 6.54 Å². The minimum absolute atomic E-state index is 0.521. The largest absolute Gasteiger partial charge is 0.493 e. The van der Waals surface area contributed by atoms with E-state index in [-0.39, 0.29) is 0 Å². The Morgan fingerprint density at radius 2 is 1.96 bits per heavy atom. The second-order valence-electron chi connectivity index (χ2n) is 6.89. The van der Waals surface area contributed by atoms with Gasteiger partial charge in [0.1, 0.15) is 17.7 Å². The molecule has 0 radical (unpaired) electrons. The van der Waals surface area contributed by atoms with E-state index in [1.807, 2.05) is 18.2 Å². The summed E-state index contributed by atoms with van der Waals surface area (Å²) in [6.07, 6.45) is 1.99. The predicted molar refractivity (Wildman–Crippen MR) is 106 cm³/mol. The van der Waals surface area contributed by atoms with E-state index in [9.17, 15) is 5.11 Å². The molecule has 1 N–H and O–H groups in total. The topological polar surface area (TPSA) is 47.3 Å². The molecule has 4 heteroatoms. The number of hydrogen-bond donors (Lipinski definition) is 1. The summed E-state index contributed by atoms with van der Waals surface area (Å²) in [4.78, 5) is 4.67. The van der Waals surface area contributed by atoms with Gasteiger partial charge in [-0.25, -0.2) is 4.98 Å². The van der Waals surface area contributed by atoms with Crippen LogP contribution in [0, 0.1) is 13.8 Å². The van der Waals surface area contributed by atoms with Crippen molar-refractivity contribution < 1.29 is 9.84 Å². The Morgan fingerprint density at radius 3 is 2.77 bits per heavy atom. The highest BCUT2D eigenvalue weighted by Crippen LogP contribution is 2.24. The Bertz CT molecular complexity index is 870. The number of benzene rings is 2. The van der Waals surface area contributed by atoms with Crippen LogP contribution >= 0.6 is 0 Å². The minimum Gasteiger partial charge on any atom is -0.493 e. The van der Waals surface area contributed by atoms with Gasteiger partial charge in [-0.15, -0.1) is 0 Å². The zero-order valence-corrected chi connectivity index (χ0v) is 15.9. The average molecular weight is 352 g/mol. The van der Waals surface area contributed by atoms with Gasteiger partial charge in [0.25, 0.3) is 0 Å². The fraction of sp³-hybridized carbons (Fsp3) is 0.409. The monoisotopic (exact) mass is 352 g/mol. The Hall–Kier alpha value is -2.33. The van der Waals surface area contributed by atoms with E-state index >= 15 is 0 Å². The van der Waals surface area contributed by atoms with E-state index in [0.29, 0.717) is 6.61 Å². The third-order valence-electron chi connectivity index (χ3n) is 4.67. The highest BCUT2D eigenvalue weighted by atomic mass is 16.5. The van der Waals surface area contributed by atoms with Gasteiger partial charge in [0.2, 0.25) is 0 Å². The molecule has 0 bridgehead atoms. The van der Waals surface area contributed by atoms with Gasteiger partial charge in [0.15, 0.2) is 0 Å². The molecule has 0 unspecified atom stereocenters. The van der Waals surface area contributed by atoms with Gasteiger partial charge in [-0.05, 0) is 56.0 Å². The number of nitrogens with zero attached hydrogens (tertiary/aromatic N) is 2. The highest BCUT2D eigenvalue weighted by Gasteiger charge is 2.17. The average Bonchev–Trinajstić information content (AvgIpc) is 3.00. The summed E-state index contributed by atoms with van der Waals surface area (Å²) < 4.78 is 8.12. The lowest BCUT2D eigenvalue weighted by Crippen LogP contribution is -2.11. The molecule has 2 aromatic carbocycles. The van der Waals surface area contributed by atoms with E-state index in [2.05, 4.69) is 54.6 Å². The van der Waals surface area contributed by atoms with Crippen molar-refractivity contribution in [3.05, 3.63) is 59.4 Å². The maximum absolute atomic E-state index is 10.5. The van der Waals surface area contributed by atoms with Crippen molar-refractivity contribution in [2.24, 2.45) is 0 Å². The molecule has 3 rings (SSSR count). The molecule has 0 amide bonds. The van der Waals surface area contributed by atoms with Crippen LogP contribution in [-0.4, -0.2) is 21.3 Å². The predicted octanol–water partition coefficient (Wildman–Crippen LogP) is 4.96. The lowest BCUT2D eigenvalue weighted by Gasteiger charge is -2.14. The summed E-state index contributed by atoms with van der Waals surface area (Å²) in [5.74, 6) is 1.71. The van der Waals surface area contributed by atoms with Crippen LogP contribution in [0.15, 0.2) is 42.5 Å². The van der Waals surface area contributed by atoms with Crippen LogP contribution in [0.5, 0.6) is 5.75 Å². The van der Waals surface area contributed by atoms with Crippen LogP contribution in [0.2, 0.25) is 0 Å². The Balaban J connectivity index is 1.71. The zero-order valence-electron chi connectivity index (χ0n) is 15.9. The van der Waals surface area contributed by atoms with Crippen molar-refractivity contribution in [1.29, 1.82) is 0 Å². The van der Waals surface area contributed by atoms with Crippen LogP contribution in [0.25, 0.3) is 11.0 Å². The van der Waals surface area contributed by atoms with Crippen LogP contribution in [0.4, 0.5) is 0 Å². The Kier molecular flexibility index (Phi) is 5.94. The molecule has 0 spiro atoms. The van der Waals surface area contributed by atoms with Crippen molar-refractivity contribution in [2.45, 2.75) is 52.7 Å². The number of fused-ring (bicyclic) bond motifs is 1. The molecule has 1 aromatic heterocycles. The molecular weight excluding hydrogens is 324 g/mol. The zero-order chi connectivity index (χ0) is 18.5. The molecule has 0 aliphatic carbocycles. The maximum atomic E-state index is 10.5. The van der Waals surface area contributed by atoms with Gasteiger partial charge in [-0.2, -0.15) is 0 Å². The Morgan fingerprint density at radius 1 is 1.15 bits per heavy atom. The molecule has 1 heterocycles. The third kappa shape index (κ3) is 4.07. The number of aliphatic hydroxyl groups is 1. The first-order valence-electron chi connectivity index (χ1n) is 9.43. The first-order chi connectivity index (χ1) is 12.6. The van der Waals surface area contributed by atoms with Gasteiger partial charge >= 0.3 is 0 Å². The smallest absolute Gasteiger partial charge is 0.138 e. The van der Waals surface area contributed by atoms with Crippen LogP contribution < -0.4 is 4.74 Å². The number of ether oxygens (including phenoxy) is 1. The number of imidazole rings is 1. The summed E-state index contributed by atoms with van der Waals surface area (Å²) in [7, 11) is 0. The molecule has 0 saturated heterocycles. The summed E-state index contributed by atoms with van der Waals surface area (Å²) in [6, 6.07) is 14.3. The van der Waals surface area contributed by atoms with E-state index in [0.717, 1.165) is 54.0 Å². The number of aromatic nitrogens is 2. The second kappa shape index (κ2) is 8.37. The number of aryl methyl sites for hydroxylation is 3. The first-order valence-corrected chi connectivity index (χ1v) is 9.43. The van der Waals surface area contributed by atoms with Crippen LogP contribution in [0.3, 0.4) is 0 Å². The van der Waals surface area contributed by atoms with E-state index in [4.69, 9.17) is 4.74 Å². The summed E-state index contributed by atoms with van der Waals surface area (Å²) in [5.41, 5.74) is 4.37. The van der Waals surface area contributed by atoms with E-state index in [1.54, 1.807) is 0 Å². The molecule has 4 nitrogen and oxygen atoms in total. The number of rotatable bonds is 8. The summed E-state index contributed by atoms with van der Waals surface area (Å²) in [6.45, 7) is 7.64. The van der Waals surface area contributed by atoms with Crippen molar-refractivity contribution in [3.63, 3.8) is 0 Å². The molecule has 0 aliphatic heterocycles. The molecule has 1 atom stereocenters. The Labute approximate surface area is 155 Å². The number of aliphatic hydroxyl groups excluding tert-OH is 1. The van der Waals surface area contributed by atoms with Gasteiger partial charge in [-0.3, -0.25) is 0 Å². The lowest BCUT2D eigenvalue weighted by molar-refractivity contribution is 0.152. The molecule has 3 aromatic rings. The molecule has 0 saturated carbocycles. The fourth-order valence-corrected chi connectivity index (χ4v) is 3.25. The van der Waals surface area contributed by atoms with Gasteiger partial charge in [-0.1, -0.05) is 37.6 Å². The maximum Gasteiger partial charge on any atom is 0.138 e. The fourth-order valence-electron chi connectivity index (χ4n) is 3.25. The van der Waals surface area contributed by atoms with Crippen LogP contribution in [-0.2, 0) is 6.54 Å². The standard InChI is InChI=1S/C22H28N2O2/c1-4-8-20(25)22-23-18-9-5-6-10-19(18)24(22)13-7-14-26-21-15-16(2)11-12-17(21)3/h5-6,9-12,15,20,25H,4,7-8,13-14H2,1-3H3/t20-/m1/s1. The van der Waals surface area contributed by atoms with Crippen molar-refractivity contribution >= 4 is 11.0 Å². The molecule has 0 aliphatic rings. The first kappa shape index (κ1) is 18.5. The summed E-state index contributed by atoms with van der Waals surface area (Å²) in [5, 5.41) is 10.5. The molecule has 138 valence electrons. The van der Waals surface area contributed by atoms with E-state index in [1.165, 1.54) is 5.56 Å². The molecule has 26 heavy (non-hydrogen) atoms. The quantitative estimate of drug-likeness (QED) is 0.583. The van der Waals surface area contributed by atoms with Crippen LogP contribution in [0.1, 0.15) is 49.2 Å². The van der Waals surface area contributed by atoms with E-state index < -0.39 is 6.10 Å². The van der Waals surface area contributed by atoms with Crippen molar-refractivity contribution in [2.75, 3.05) is 6.61 Å². The van der Waals surface area contributed by atoms with Gasteiger partial charge < -0.3 is 14.4 Å². The molecule has 0 fully saturated rings. The normalized spacial score (nSPS) is 12.5.